The van der Waals surface area contributed by atoms with Gasteiger partial charge in [0.15, 0.2) is 10.8 Å². The van der Waals surface area contributed by atoms with Gasteiger partial charge < -0.3 is 15.7 Å². The number of nitrogen functional groups attached to an aromatic ring is 1. The average molecular weight is 242 g/mol. The zero-order valence-electron chi connectivity index (χ0n) is 8.04. The molecule has 0 saturated heterocycles. The predicted molar refractivity (Wildman–Crippen MR) is 57.0 cm³/mol. The molecule has 1 radical (unpaired) electrons. The van der Waals surface area contributed by atoms with Crippen molar-refractivity contribution in [1.82, 2.24) is 4.98 Å². The minimum absolute atomic E-state index is 0.125. The molecule has 0 spiro atoms. The van der Waals surface area contributed by atoms with Gasteiger partial charge in [0.2, 0.25) is 0 Å². The molecule has 1 rings (SSSR count). The lowest BCUT2D eigenvalue weighted by Crippen LogP contribution is -2.06. The molecule has 16 heavy (non-hydrogen) atoms. The van der Waals surface area contributed by atoms with Crippen LogP contribution in [0.15, 0.2) is 10.5 Å². The highest BCUT2D eigenvalue weighted by atomic mass is 32.1. The molecule has 0 aliphatic rings. The second-order valence-corrected chi connectivity index (χ2v) is 3.48. The van der Waals surface area contributed by atoms with Crippen molar-refractivity contribution in [3.8, 4) is 0 Å². The van der Waals surface area contributed by atoms with Gasteiger partial charge in [-0.3, -0.25) is 9.59 Å². The summed E-state index contributed by atoms with van der Waals surface area (Å²) >= 11 is 1.15. The van der Waals surface area contributed by atoms with Crippen LogP contribution in [0.2, 0.25) is 0 Å². The standard InChI is InChI=1S/C8H8N3O4S/c9-8-10-6(4-16-8)5(3-12)11-15-2-1-7(13)14/h4H,1-2H2,(H2,9,10)(H,13,14)/b11-5+. The van der Waals surface area contributed by atoms with Gasteiger partial charge in [0.05, 0.1) is 6.42 Å². The maximum absolute atomic E-state index is 10.5. The van der Waals surface area contributed by atoms with Crippen molar-refractivity contribution in [3.05, 3.63) is 11.1 Å². The van der Waals surface area contributed by atoms with Crippen molar-refractivity contribution in [1.29, 1.82) is 0 Å². The Kier molecular flexibility index (Phi) is 4.40. The summed E-state index contributed by atoms with van der Waals surface area (Å²) in [5.74, 6) is -1.01. The number of thiazole rings is 1. The third kappa shape index (κ3) is 3.65. The topological polar surface area (TPSA) is 115 Å². The Balaban J connectivity index is 2.57. The summed E-state index contributed by atoms with van der Waals surface area (Å²) in [5.41, 5.74) is 5.49. The Bertz CT molecular complexity index is 415. The number of rotatable bonds is 6. The summed E-state index contributed by atoms with van der Waals surface area (Å²) in [6.07, 6.45) is 1.34. The summed E-state index contributed by atoms with van der Waals surface area (Å²) in [5, 5.41) is 13.6. The first-order valence-electron chi connectivity index (χ1n) is 4.14. The van der Waals surface area contributed by atoms with Gasteiger partial charge in [0.25, 0.3) is 6.29 Å². The van der Waals surface area contributed by atoms with Crippen LogP contribution in [0.4, 0.5) is 5.13 Å². The number of carbonyl (C=O) groups excluding carboxylic acids is 1. The van der Waals surface area contributed by atoms with E-state index in [2.05, 4.69) is 15.0 Å². The van der Waals surface area contributed by atoms with Crippen molar-refractivity contribution < 1.29 is 19.5 Å². The van der Waals surface area contributed by atoms with Gasteiger partial charge in [-0.1, -0.05) is 5.16 Å². The molecule has 0 atom stereocenters. The van der Waals surface area contributed by atoms with Crippen LogP contribution in [0, 0.1) is 0 Å². The van der Waals surface area contributed by atoms with E-state index < -0.39 is 5.97 Å². The van der Waals surface area contributed by atoms with E-state index in [1.54, 1.807) is 0 Å². The molecule has 3 N–H and O–H groups in total. The highest BCUT2D eigenvalue weighted by Gasteiger charge is 2.08. The number of nitrogens with zero attached hydrogens (tertiary/aromatic N) is 2. The number of aliphatic carboxylic acids is 1. The quantitative estimate of drug-likeness (QED) is 0.413. The van der Waals surface area contributed by atoms with Crippen LogP contribution in [0.3, 0.4) is 0 Å². The molecular formula is C8H8N3O4S. The van der Waals surface area contributed by atoms with Crippen LogP contribution in [-0.2, 0) is 14.4 Å². The molecule has 1 heterocycles. The molecular weight excluding hydrogens is 234 g/mol. The van der Waals surface area contributed by atoms with E-state index in [1.807, 2.05) is 0 Å². The SMILES string of the molecule is Nc1nc(/C([C]=O)=N/OCCC(=O)O)cs1. The first-order valence-corrected chi connectivity index (χ1v) is 5.02. The third-order valence-corrected chi connectivity index (χ3v) is 2.10. The van der Waals surface area contributed by atoms with Gasteiger partial charge in [-0.25, -0.2) is 4.98 Å². The van der Waals surface area contributed by atoms with Gasteiger partial charge in [0.1, 0.15) is 12.3 Å². The van der Waals surface area contributed by atoms with Crippen LogP contribution >= 0.6 is 11.3 Å². The van der Waals surface area contributed by atoms with Crippen LogP contribution in [0.5, 0.6) is 0 Å². The molecule has 0 bridgehead atoms. The van der Waals surface area contributed by atoms with E-state index in [-0.39, 0.29) is 24.4 Å². The number of carbonyl (C=O) groups is 1. The number of nitrogens with two attached hydrogens (primary N) is 1. The molecule has 0 aliphatic carbocycles. The van der Waals surface area contributed by atoms with Gasteiger partial charge in [0, 0.05) is 5.38 Å². The number of hydrogen-bond donors (Lipinski definition) is 2. The third-order valence-electron chi connectivity index (χ3n) is 1.42. The van der Waals surface area contributed by atoms with Gasteiger partial charge >= 0.3 is 5.97 Å². The van der Waals surface area contributed by atoms with Gasteiger partial charge in [-0.15, -0.1) is 11.3 Å². The number of oxime groups is 1. The highest BCUT2D eigenvalue weighted by molar-refractivity contribution is 7.13. The molecule has 0 saturated carbocycles. The van der Waals surface area contributed by atoms with Crippen molar-refractivity contribution in [3.63, 3.8) is 0 Å². The number of aromatic nitrogens is 1. The smallest absolute Gasteiger partial charge is 0.306 e. The molecule has 0 aliphatic heterocycles. The first kappa shape index (κ1) is 12.1. The van der Waals surface area contributed by atoms with Crippen LogP contribution in [-0.4, -0.2) is 34.7 Å². The first-order chi connectivity index (χ1) is 7.63. The summed E-state index contributed by atoms with van der Waals surface area (Å²) in [7, 11) is 0. The van der Waals surface area contributed by atoms with Crippen molar-refractivity contribution in [2.45, 2.75) is 6.42 Å². The normalized spacial score (nSPS) is 11.1. The Morgan fingerprint density at radius 1 is 1.75 bits per heavy atom. The Hall–Kier alpha value is -1.96. The molecule has 85 valence electrons. The van der Waals surface area contributed by atoms with E-state index in [1.165, 1.54) is 11.7 Å². The van der Waals surface area contributed by atoms with E-state index in [4.69, 9.17) is 10.8 Å². The lowest BCUT2D eigenvalue weighted by Gasteiger charge is -1.96. The van der Waals surface area contributed by atoms with Gasteiger partial charge in [-0.2, -0.15) is 0 Å². The van der Waals surface area contributed by atoms with Crippen LogP contribution < -0.4 is 5.73 Å². The fourth-order valence-electron chi connectivity index (χ4n) is 0.757. The summed E-state index contributed by atoms with van der Waals surface area (Å²) in [4.78, 5) is 29.1. The van der Waals surface area contributed by atoms with Gasteiger partial charge in [-0.05, 0) is 0 Å². The van der Waals surface area contributed by atoms with E-state index >= 15 is 0 Å². The zero-order valence-corrected chi connectivity index (χ0v) is 8.86. The molecule has 0 fully saturated rings. The van der Waals surface area contributed by atoms with Crippen molar-refractivity contribution in [2.75, 3.05) is 12.3 Å². The van der Waals surface area contributed by atoms with Crippen LogP contribution in [0.1, 0.15) is 12.1 Å². The molecule has 8 heteroatoms. The number of hydrogen-bond acceptors (Lipinski definition) is 7. The lowest BCUT2D eigenvalue weighted by atomic mass is 10.3. The number of carboxylic acids is 1. The minimum Gasteiger partial charge on any atom is -0.481 e. The molecule has 1 aromatic rings. The van der Waals surface area contributed by atoms with Crippen molar-refractivity contribution >= 4 is 34.4 Å². The van der Waals surface area contributed by atoms with E-state index in [0.29, 0.717) is 5.13 Å². The molecule has 0 amide bonds. The fourth-order valence-corrected chi connectivity index (χ4v) is 1.30. The highest BCUT2D eigenvalue weighted by Crippen LogP contribution is 2.11. The average Bonchev–Trinajstić information content (AvgIpc) is 2.64. The number of carboxylic acid groups (broad SMARTS) is 1. The van der Waals surface area contributed by atoms with Crippen molar-refractivity contribution in [2.24, 2.45) is 5.16 Å². The zero-order chi connectivity index (χ0) is 12.0. The maximum atomic E-state index is 10.5. The van der Waals surface area contributed by atoms with E-state index in [0.717, 1.165) is 11.3 Å². The Morgan fingerprint density at radius 2 is 2.50 bits per heavy atom. The predicted octanol–water partition coefficient (Wildman–Crippen LogP) is 0.0304. The lowest BCUT2D eigenvalue weighted by molar-refractivity contribution is -0.138. The molecule has 0 aromatic carbocycles. The molecule has 1 aromatic heterocycles. The largest absolute Gasteiger partial charge is 0.481 e. The number of anilines is 1. The summed E-state index contributed by atoms with van der Waals surface area (Å²) < 4.78 is 0. The van der Waals surface area contributed by atoms with Crippen LogP contribution in [0.25, 0.3) is 0 Å². The minimum atomic E-state index is -1.01. The Morgan fingerprint density at radius 3 is 3.00 bits per heavy atom. The summed E-state index contributed by atoms with van der Waals surface area (Å²) in [6, 6.07) is 0. The second-order valence-electron chi connectivity index (χ2n) is 2.59. The molecule has 0 unspecified atom stereocenters. The van der Waals surface area contributed by atoms with E-state index in [9.17, 15) is 9.59 Å². The second kappa shape index (κ2) is 5.81. The summed E-state index contributed by atoms with van der Waals surface area (Å²) in [6.45, 7) is -0.125. The molecule has 7 nitrogen and oxygen atoms in total. The fraction of sp³-hybridized carbons (Fsp3) is 0.250. The maximum Gasteiger partial charge on any atom is 0.306 e. The monoisotopic (exact) mass is 242 g/mol. The Labute approximate surface area is 94.5 Å².